The van der Waals surface area contributed by atoms with E-state index in [-0.39, 0.29) is 23.8 Å². The molecule has 1 heterocycles. The second kappa shape index (κ2) is 7.77. The summed E-state index contributed by atoms with van der Waals surface area (Å²) in [5.74, 6) is -1.20. The van der Waals surface area contributed by atoms with Gasteiger partial charge in [-0.15, -0.1) is 0 Å². The number of hydrogen-bond donors (Lipinski definition) is 0. The van der Waals surface area contributed by atoms with Crippen LogP contribution in [0.3, 0.4) is 0 Å². The summed E-state index contributed by atoms with van der Waals surface area (Å²) < 4.78 is 18.0. The van der Waals surface area contributed by atoms with E-state index in [2.05, 4.69) is 0 Å². The Morgan fingerprint density at radius 2 is 1.42 bits per heavy atom. The first-order chi connectivity index (χ1) is 12.4. The van der Waals surface area contributed by atoms with Crippen LogP contribution in [0, 0.1) is 11.8 Å². The van der Waals surface area contributed by atoms with E-state index >= 15 is 0 Å². The van der Waals surface area contributed by atoms with Crippen LogP contribution < -0.4 is 3.12 Å². The van der Waals surface area contributed by atoms with Crippen molar-refractivity contribution in [2.75, 3.05) is 0 Å². The zero-order chi connectivity index (χ0) is 18.8. The molecule has 1 aromatic heterocycles. The van der Waals surface area contributed by atoms with Gasteiger partial charge in [0.25, 0.3) is 0 Å². The standard InChI is InChI=1S/C12H7O.2C4H8O2.Tl/c1-3-7-11-9(5-1)10-6-2-4-8-12(10)13-11;2*1-3(2)4(5)6;/h1,3-8H;2*3H,1-2H3,(H,5,6);/q;;;+2/p-2. The number of carbonyl (C=O) groups is 2. The summed E-state index contributed by atoms with van der Waals surface area (Å²) in [4.78, 5) is 24.3. The average molecular weight is 546 g/mol. The van der Waals surface area contributed by atoms with E-state index in [1.54, 1.807) is 27.7 Å². The van der Waals surface area contributed by atoms with Crippen molar-refractivity contribution in [1.29, 1.82) is 0 Å². The molecule has 134 valence electrons. The van der Waals surface area contributed by atoms with Gasteiger partial charge in [-0.3, -0.25) is 0 Å². The zero-order valence-corrected chi connectivity index (χ0v) is 19.8. The van der Waals surface area contributed by atoms with Gasteiger partial charge in [0, 0.05) is 0 Å². The molecule has 0 aliphatic heterocycles. The van der Waals surface area contributed by atoms with E-state index in [1.807, 2.05) is 42.5 Å². The van der Waals surface area contributed by atoms with Crippen LogP contribution in [0.25, 0.3) is 21.9 Å². The molecule has 0 bridgehead atoms. The molecule has 0 aliphatic carbocycles. The van der Waals surface area contributed by atoms with Crippen LogP contribution >= 0.6 is 0 Å². The van der Waals surface area contributed by atoms with Gasteiger partial charge in [0.15, 0.2) is 0 Å². The summed E-state index contributed by atoms with van der Waals surface area (Å²) in [6, 6.07) is 13.4. The molecule has 0 atom stereocenters. The van der Waals surface area contributed by atoms with Crippen LogP contribution in [-0.2, 0) is 15.0 Å². The number of benzene rings is 2. The third-order valence-corrected chi connectivity index (χ3v) is 11.0. The van der Waals surface area contributed by atoms with Gasteiger partial charge in [-0.25, -0.2) is 0 Å². The van der Waals surface area contributed by atoms with Gasteiger partial charge in [0.2, 0.25) is 0 Å². The summed E-state index contributed by atoms with van der Waals surface area (Å²) in [5.41, 5.74) is 1.55. The number of fused-ring (bicyclic) bond motifs is 3. The number of carbonyl (C=O) groups excluding carboxylic acids is 2. The first-order valence-electron chi connectivity index (χ1n) is 8.69. The molecule has 0 radical (unpaired) electrons. The maximum atomic E-state index is 12.1. The minimum absolute atomic E-state index is 0.270. The maximum absolute atomic E-state index is 12.1. The molecule has 0 saturated heterocycles. The SMILES string of the molecule is CC(C)C(=O)[O][Tl]([O]C(=O)C(C)C)[c]1ccc2oc3ccccc3c2c1. The Kier molecular flexibility index (Phi) is 5.64. The van der Waals surface area contributed by atoms with E-state index in [0.717, 1.165) is 25.1 Å². The Balaban J connectivity index is 2.02. The number of furan rings is 1. The molecular weight excluding hydrogens is 525 g/mol. The third kappa shape index (κ3) is 3.92. The minimum atomic E-state index is -3.71. The molecular formula is C20H21O5Tl. The van der Waals surface area contributed by atoms with E-state index in [4.69, 9.17) is 9.79 Å². The van der Waals surface area contributed by atoms with Crippen LogP contribution in [0.4, 0.5) is 0 Å². The van der Waals surface area contributed by atoms with Crippen molar-refractivity contribution in [1.82, 2.24) is 0 Å². The quantitative estimate of drug-likeness (QED) is 0.458. The molecule has 0 amide bonds. The summed E-state index contributed by atoms with van der Waals surface area (Å²) >= 11 is -3.71. The number of para-hydroxylation sites is 1. The normalized spacial score (nSPS) is 11.3. The molecule has 0 spiro atoms. The Labute approximate surface area is 161 Å². The van der Waals surface area contributed by atoms with E-state index in [1.165, 1.54) is 0 Å². The fourth-order valence-electron chi connectivity index (χ4n) is 2.53. The predicted molar refractivity (Wildman–Crippen MR) is 101 cm³/mol. The average Bonchev–Trinajstić information content (AvgIpc) is 2.98. The zero-order valence-electron chi connectivity index (χ0n) is 15.3. The molecule has 3 aromatic rings. The fourth-order valence-corrected chi connectivity index (χ4v) is 9.70. The Morgan fingerprint density at radius 1 is 0.846 bits per heavy atom. The van der Waals surface area contributed by atoms with Gasteiger partial charge in [-0.1, -0.05) is 0 Å². The second-order valence-corrected chi connectivity index (χ2v) is 13.9. The van der Waals surface area contributed by atoms with Gasteiger partial charge in [0.1, 0.15) is 0 Å². The monoisotopic (exact) mass is 546 g/mol. The molecule has 3 rings (SSSR count). The van der Waals surface area contributed by atoms with Gasteiger partial charge in [0.05, 0.1) is 0 Å². The van der Waals surface area contributed by atoms with Crippen LogP contribution in [0.5, 0.6) is 0 Å². The van der Waals surface area contributed by atoms with Crippen molar-refractivity contribution in [2.45, 2.75) is 27.7 Å². The number of hydrogen-bond acceptors (Lipinski definition) is 5. The van der Waals surface area contributed by atoms with Crippen molar-refractivity contribution < 1.29 is 19.4 Å². The molecule has 0 unspecified atom stereocenters. The molecule has 0 saturated carbocycles. The van der Waals surface area contributed by atoms with Gasteiger partial charge >= 0.3 is 162 Å². The third-order valence-electron chi connectivity index (χ3n) is 4.06. The molecule has 26 heavy (non-hydrogen) atoms. The van der Waals surface area contributed by atoms with Crippen LogP contribution in [0.2, 0.25) is 0 Å². The molecule has 5 nitrogen and oxygen atoms in total. The summed E-state index contributed by atoms with van der Waals surface area (Å²) in [6.07, 6.45) is 0. The summed E-state index contributed by atoms with van der Waals surface area (Å²) in [7, 11) is 0. The van der Waals surface area contributed by atoms with E-state index in [0.29, 0.717) is 0 Å². The summed E-state index contributed by atoms with van der Waals surface area (Å²) in [6.45, 7) is 7.07. The second-order valence-electron chi connectivity index (χ2n) is 6.87. The Hall–Kier alpha value is -1.90. The van der Waals surface area contributed by atoms with E-state index < -0.39 is 23.6 Å². The molecule has 0 N–H and O–H groups in total. The van der Waals surface area contributed by atoms with Crippen molar-refractivity contribution in [2.24, 2.45) is 11.8 Å². The molecule has 0 aliphatic rings. The summed E-state index contributed by atoms with van der Waals surface area (Å²) in [5, 5.41) is 1.92. The first-order valence-corrected chi connectivity index (χ1v) is 14.6. The first kappa shape index (κ1) is 18.9. The van der Waals surface area contributed by atoms with Crippen LogP contribution in [0.1, 0.15) is 27.7 Å². The Morgan fingerprint density at radius 3 is 2.04 bits per heavy atom. The van der Waals surface area contributed by atoms with Crippen molar-refractivity contribution >= 4 is 60.6 Å². The van der Waals surface area contributed by atoms with Gasteiger partial charge in [-0.2, -0.15) is 0 Å². The fraction of sp³-hybridized carbons (Fsp3) is 0.300. The predicted octanol–water partition coefficient (Wildman–Crippen LogP) is 3.68. The van der Waals surface area contributed by atoms with Crippen molar-refractivity contribution in [3.63, 3.8) is 0 Å². The van der Waals surface area contributed by atoms with Gasteiger partial charge in [-0.05, 0) is 0 Å². The topological polar surface area (TPSA) is 65.7 Å². The van der Waals surface area contributed by atoms with Crippen LogP contribution in [-0.4, -0.2) is 35.5 Å². The van der Waals surface area contributed by atoms with Crippen LogP contribution in [0.15, 0.2) is 46.9 Å². The molecule has 2 aromatic carbocycles. The van der Waals surface area contributed by atoms with Gasteiger partial charge < -0.3 is 0 Å². The number of rotatable bonds is 5. The van der Waals surface area contributed by atoms with Crippen molar-refractivity contribution in [3.05, 3.63) is 42.5 Å². The van der Waals surface area contributed by atoms with Crippen molar-refractivity contribution in [3.8, 4) is 0 Å². The Bertz CT molecular complexity index is 935. The molecule has 0 fully saturated rings. The van der Waals surface area contributed by atoms with E-state index in [9.17, 15) is 9.59 Å². The molecule has 6 heteroatoms.